The van der Waals surface area contributed by atoms with Crippen LogP contribution in [0.15, 0.2) is 0 Å². The van der Waals surface area contributed by atoms with Crippen molar-refractivity contribution < 1.29 is 0 Å². The molecule has 0 radical (unpaired) electrons. The lowest BCUT2D eigenvalue weighted by atomic mass is 9.96. The van der Waals surface area contributed by atoms with E-state index in [9.17, 15) is 0 Å². The molecular weight excluding hydrogens is 186 g/mol. The third kappa shape index (κ3) is 3.16. The van der Waals surface area contributed by atoms with Gasteiger partial charge in [0.05, 0.1) is 0 Å². The number of rotatable bonds is 5. The summed E-state index contributed by atoms with van der Waals surface area (Å²) in [5, 5.41) is 0. The van der Waals surface area contributed by atoms with Gasteiger partial charge in [-0.25, -0.2) is 0 Å². The van der Waals surface area contributed by atoms with E-state index in [1.807, 2.05) is 0 Å². The highest BCUT2D eigenvalue weighted by molar-refractivity contribution is 4.98. The zero-order chi connectivity index (χ0) is 11.5. The van der Waals surface area contributed by atoms with Gasteiger partial charge in [0.1, 0.15) is 0 Å². The average Bonchev–Trinajstić information content (AvgIpc) is 2.57. The molecule has 3 heteroatoms. The third-order valence-electron chi connectivity index (χ3n) is 3.75. The lowest BCUT2D eigenvalue weighted by Crippen LogP contribution is -2.54. The molecular formula is C12H27N3. The topological polar surface area (TPSA) is 32.5 Å². The summed E-state index contributed by atoms with van der Waals surface area (Å²) in [7, 11) is 4.42. The van der Waals surface area contributed by atoms with Gasteiger partial charge in [-0.15, -0.1) is 0 Å². The minimum absolute atomic E-state index is 0.240. The molecule has 90 valence electrons. The highest BCUT2D eigenvalue weighted by Crippen LogP contribution is 2.25. The van der Waals surface area contributed by atoms with Crippen LogP contribution in [-0.2, 0) is 0 Å². The number of likely N-dealkylation sites (tertiary alicyclic amines) is 1. The molecule has 1 atom stereocenters. The quantitative estimate of drug-likeness (QED) is 0.739. The predicted octanol–water partition coefficient (Wildman–Crippen LogP) is 0.997. The van der Waals surface area contributed by atoms with Crippen molar-refractivity contribution in [1.29, 1.82) is 0 Å². The molecule has 0 bridgehead atoms. The van der Waals surface area contributed by atoms with Gasteiger partial charge in [-0.3, -0.25) is 4.90 Å². The highest BCUT2D eigenvalue weighted by Gasteiger charge is 2.38. The first-order valence-electron chi connectivity index (χ1n) is 6.10. The number of likely N-dealkylation sites (N-methyl/N-ethyl adjacent to an activating group) is 2. The van der Waals surface area contributed by atoms with Crippen LogP contribution in [0, 0.1) is 5.92 Å². The van der Waals surface area contributed by atoms with Gasteiger partial charge < -0.3 is 10.6 Å². The SMILES string of the molecule is CC(C)CCN(C)C1(CN)CCN(C)C1. The predicted molar refractivity (Wildman–Crippen MR) is 66.0 cm³/mol. The molecule has 1 heterocycles. The second-order valence-corrected chi connectivity index (χ2v) is 5.52. The molecule has 1 aliphatic rings. The molecule has 0 aliphatic carbocycles. The highest BCUT2D eigenvalue weighted by atomic mass is 15.3. The van der Waals surface area contributed by atoms with Crippen LogP contribution in [0.2, 0.25) is 0 Å². The largest absolute Gasteiger partial charge is 0.329 e. The first-order chi connectivity index (χ1) is 7.00. The minimum atomic E-state index is 0.240. The summed E-state index contributed by atoms with van der Waals surface area (Å²) < 4.78 is 0. The van der Waals surface area contributed by atoms with Crippen molar-refractivity contribution in [2.75, 3.05) is 40.3 Å². The summed E-state index contributed by atoms with van der Waals surface area (Å²) in [6, 6.07) is 0. The van der Waals surface area contributed by atoms with E-state index in [0.717, 1.165) is 19.0 Å². The van der Waals surface area contributed by atoms with Gasteiger partial charge in [0.15, 0.2) is 0 Å². The Morgan fingerprint density at radius 1 is 1.47 bits per heavy atom. The van der Waals surface area contributed by atoms with Crippen molar-refractivity contribution in [2.24, 2.45) is 11.7 Å². The number of hydrogen-bond donors (Lipinski definition) is 1. The smallest absolute Gasteiger partial charge is 0.0467 e. The minimum Gasteiger partial charge on any atom is -0.329 e. The molecule has 3 nitrogen and oxygen atoms in total. The number of nitrogens with two attached hydrogens (primary N) is 1. The molecule has 1 aliphatic heterocycles. The Hall–Kier alpha value is -0.120. The Kier molecular flexibility index (Phi) is 4.56. The molecule has 1 saturated heterocycles. The fourth-order valence-corrected chi connectivity index (χ4v) is 2.38. The summed E-state index contributed by atoms with van der Waals surface area (Å²) in [4.78, 5) is 4.87. The lowest BCUT2D eigenvalue weighted by Gasteiger charge is -2.38. The molecule has 0 aromatic heterocycles. The number of nitrogens with zero attached hydrogens (tertiary/aromatic N) is 2. The van der Waals surface area contributed by atoms with Crippen molar-refractivity contribution in [1.82, 2.24) is 9.80 Å². The summed E-state index contributed by atoms with van der Waals surface area (Å²) in [5.74, 6) is 0.779. The molecule has 0 saturated carbocycles. The van der Waals surface area contributed by atoms with Crippen LogP contribution in [-0.4, -0.2) is 55.6 Å². The molecule has 0 amide bonds. The van der Waals surface area contributed by atoms with Crippen molar-refractivity contribution in [3.8, 4) is 0 Å². The first kappa shape index (κ1) is 12.9. The lowest BCUT2D eigenvalue weighted by molar-refractivity contribution is 0.127. The zero-order valence-corrected chi connectivity index (χ0v) is 10.8. The van der Waals surface area contributed by atoms with E-state index in [-0.39, 0.29) is 5.54 Å². The van der Waals surface area contributed by atoms with E-state index < -0.39 is 0 Å². The molecule has 15 heavy (non-hydrogen) atoms. The maximum Gasteiger partial charge on any atom is 0.0467 e. The standard InChI is InChI=1S/C12H27N3/c1-11(2)5-7-15(4)12(9-13)6-8-14(3)10-12/h11H,5-10,13H2,1-4H3. The zero-order valence-electron chi connectivity index (χ0n) is 10.8. The van der Waals surface area contributed by atoms with Crippen LogP contribution in [0.1, 0.15) is 26.7 Å². The summed E-state index contributed by atoms with van der Waals surface area (Å²) in [6.45, 7) is 8.82. The molecule has 0 aromatic rings. The summed E-state index contributed by atoms with van der Waals surface area (Å²) >= 11 is 0. The Balaban J connectivity index is 2.50. The Morgan fingerprint density at radius 2 is 2.13 bits per heavy atom. The van der Waals surface area contributed by atoms with Crippen LogP contribution >= 0.6 is 0 Å². The van der Waals surface area contributed by atoms with Crippen molar-refractivity contribution >= 4 is 0 Å². The normalized spacial score (nSPS) is 28.2. The fraction of sp³-hybridized carbons (Fsp3) is 1.00. The third-order valence-corrected chi connectivity index (χ3v) is 3.75. The molecule has 0 aromatic carbocycles. The van der Waals surface area contributed by atoms with Crippen molar-refractivity contribution in [3.63, 3.8) is 0 Å². The van der Waals surface area contributed by atoms with Gasteiger partial charge in [0.25, 0.3) is 0 Å². The van der Waals surface area contributed by atoms with Gasteiger partial charge >= 0.3 is 0 Å². The van der Waals surface area contributed by atoms with Crippen LogP contribution < -0.4 is 5.73 Å². The van der Waals surface area contributed by atoms with Crippen LogP contribution in [0.25, 0.3) is 0 Å². The van der Waals surface area contributed by atoms with Crippen molar-refractivity contribution in [3.05, 3.63) is 0 Å². The van der Waals surface area contributed by atoms with E-state index >= 15 is 0 Å². The Labute approximate surface area is 94.6 Å². The van der Waals surface area contributed by atoms with Gasteiger partial charge in [-0.1, -0.05) is 13.8 Å². The van der Waals surface area contributed by atoms with Crippen LogP contribution in [0.5, 0.6) is 0 Å². The van der Waals surface area contributed by atoms with E-state index in [4.69, 9.17) is 5.73 Å². The van der Waals surface area contributed by atoms with E-state index in [1.165, 1.54) is 25.9 Å². The van der Waals surface area contributed by atoms with E-state index in [0.29, 0.717) is 0 Å². The Morgan fingerprint density at radius 3 is 2.53 bits per heavy atom. The molecule has 0 spiro atoms. The maximum atomic E-state index is 5.97. The molecule has 1 unspecified atom stereocenters. The van der Waals surface area contributed by atoms with E-state index in [2.05, 4.69) is 37.7 Å². The summed E-state index contributed by atoms with van der Waals surface area (Å²) in [5.41, 5.74) is 6.21. The molecule has 2 N–H and O–H groups in total. The van der Waals surface area contributed by atoms with Crippen LogP contribution in [0.4, 0.5) is 0 Å². The maximum absolute atomic E-state index is 5.97. The number of hydrogen-bond acceptors (Lipinski definition) is 3. The molecule has 1 rings (SSSR count). The van der Waals surface area contributed by atoms with Gasteiger partial charge in [0.2, 0.25) is 0 Å². The Bertz CT molecular complexity index is 193. The van der Waals surface area contributed by atoms with Gasteiger partial charge in [-0.2, -0.15) is 0 Å². The fourth-order valence-electron chi connectivity index (χ4n) is 2.38. The second kappa shape index (κ2) is 5.28. The molecule has 1 fully saturated rings. The van der Waals surface area contributed by atoms with Gasteiger partial charge in [0, 0.05) is 18.6 Å². The second-order valence-electron chi connectivity index (χ2n) is 5.52. The monoisotopic (exact) mass is 213 g/mol. The van der Waals surface area contributed by atoms with Gasteiger partial charge in [-0.05, 0) is 45.9 Å². The average molecular weight is 213 g/mol. The van der Waals surface area contributed by atoms with Crippen molar-refractivity contribution in [2.45, 2.75) is 32.2 Å². The van der Waals surface area contributed by atoms with Crippen LogP contribution in [0.3, 0.4) is 0 Å². The summed E-state index contributed by atoms with van der Waals surface area (Å²) in [6.07, 6.45) is 2.48. The van der Waals surface area contributed by atoms with E-state index in [1.54, 1.807) is 0 Å². The first-order valence-corrected chi connectivity index (χ1v) is 6.10.